The second-order valence-electron chi connectivity index (χ2n) is 3.72. The first kappa shape index (κ1) is 12.9. The molecule has 17 heavy (non-hydrogen) atoms. The van der Waals surface area contributed by atoms with Crippen molar-refractivity contribution in [3.8, 4) is 18.2 Å². The predicted molar refractivity (Wildman–Crippen MR) is 55.2 cm³/mol. The van der Waals surface area contributed by atoms with E-state index in [0.717, 1.165) is 0 Å². The maximum atomic E-state index is 10.9. The van der Waals surface area contributed by atoms with Crippen molar-refractivity contribution in [1.29, 1.82) is 21.2 Å². The Morgan fingerprint density at radius 3 is 2.18 bits per heavy atom. The third-order valence-electron chi connectivity index (χ3n) is 3.14. The van der Waals surface area contributed by atoms with E-state index in [-0.39, 0.29) is 0 Å². The predicted octanol–water partition coefficient (Wildman–Crippen LogP) is 1.04. The molecule has 86 valence electrons. The molecule has 0 saturated heterocycles. The molecule has 3 atom stereocenters. The number of alkyl halides is 1. The van der Waals surface area contributed by atoms with Crippen LogP contribution in [0.1, 0.15) is 6.92 Å². The van der Waals surface area contributed by atoms with Crippen LogP contribution in [0.15, 0.2) is 0 Å². The van der Waals surface area contributed by atoms with E-state index in [0.29, 0.717) is 0 Å². The molecular weight excluding hydrogens is 246 g/mol. The topological polar surface area (TPSA) is 138 Å². The Kier molecular flexibility index (Phi) is 2.80. The van der Waals surface area contributed by atoms with Gasteiger partial charge in [-0.2, -0.15) is 15.8 Å². The molecule has 0 heterocycles. The third-order valence-corrected chi connectivity index (χ3v) is 3.81. The summed E-state index contributed by atoms with van der Waals surface area (Å²) in [6.07, 6.45) is 0. The van der Waals surface area contributed by atoms with Gasteiger partial charge in [-0.15, -0.1) is 0 Å². The molecule has 1 aliphatic carbocycles. The van der Waals surface area contributed by atoms with Crippen LogP contribution in [-0.2, 0) is 0 Å². The minimum atomic E-state index is -2.37. The molecule has 0 amide bonds. The molecule has 1 aliphatic rings. The lowest BCUT2D eigenvalue weighted by molar-refractivity contribution is -0.529. The maximum Gasteiger partial charge on any atom is 0.338 e. The van der Waals surface area contributed by atoms with Crippen molar-refractivity contribution in [3.05, 3.63) is 10.1 Å². The summed E-state index contributed by atoms with van der Waals surface area (Å²) < 4.78 is 0. The van der Waals surface area contributed by atoms with Gasteiger partial charge in [0.15, 0.2) is 5.41 Å². The summed E-state index contributed by atoms with van der Waals surface area (Å²) in [7, 11) is 0. The largest absolute Gasteiger partial charge is 0.338 e. The SMILES string of the molecule is C[C@H]1C(C#N)(C#N)[C@H](C#N)C(=N)[C@]1(Cl)[N+](=O)[O-]. The molecule has 0 aromatic rings. The average Bonchev–Trinajstić information content (AvgIpc) is 2.48. The van der Waals surface area contributed by atoms with Gasteiger partial charge >= 0.3 is 5.00 Å². The normalized spacial score (nSPS) is 34.4. The number of hydrogen-bond donors (Lipinski definition) is 1. The Hall–Kier alpha value is -2.17. The fourth-order valence-corrected chi connectivity index (χ4v) is 2.27. The van der Waals surface area contributed by atoms with E-state index in [1.54, 1.807) is 18.2 Å². The number of nitrogens with one attached hydrogen (secondary N) is 1. The Morgan fingerprint density at radius 2 is 1.94 bits per heavy atom. The van der Waals surface area contributed by atoms with E-state index in [1.165, 1.54) is 6.92 Å². The van der Waals surface area contributed by atoms with Crippen LogP contribution in [0.25, 0.3) is 0 Å². The number of nitriles is 3. The fourth-order valence-electron chi connectivity index (χ4n) is 1.99. The number of rotatable bonds is 1. The lowest BCUT2D eigenvalue weighted by Crippen LogP contribution is -2.43. The number of halogens is 1. The lowest BCUT2D eigenvalue weighted by atomic mass is 9.75. The monoisotopic (exact) mass is 251 g/mol. The van der Waals surface area contributed by atoms with Gasteiger partial charge in [-0.1, -0.05) is 6.92 Å². The van der Waals surface area contributed by atoms with E-state index in [2.05, 4.69) is 0 Å². The zero-order valence-electron chi connectivity index (χ0n) is 8.64. The van der Waals surface area contributed by atoms with E-state index in [4.69, 9.17) is 32.8 Å². The Bertz CT molecular complexity index is 511. The summed E-state index contributed by atoms with van der Waals surface area (Å²) in [6, 6.07) is 4.80. The first-order valence-electron chi connectivity index (χ1n) is 4.47. The first-order chi connectivity index (χ1) is 7.82. The van der Waals surface area contributed by atoms with Crippen LogP contribution in [0, 0.1) is 66.8 Å². The average molecular weight is 252 g/mol. The highest BCUT2D eigenvalue weighted by atomic mass is 35.5. The standard InChI is InChI=1S/C9H6ClN5O2/c1-5-8(3-12,4-13)6(2-11)7(14)9(5,10)15(16)17/h5-6,14H,1H3/t5-,6+,9+/m0/s1. The van der Waals surface area contributed by atoms with Gasteiger partial charge in [0.05, 0.1) is 24.1 Å². The molecule has 1 N–H and O–H groups in total. The molecule has 0 radical (unpaired) electrons. The van der Waals surface area contributed by atoms with E-state index >= 15 is 0 Å². The van der Waals surface area contributed by atoms with Gasteiger partial charge in [0.25, 0.3) is 0 Å². The molecule has 8 heteroatoms. The zero-order valence-corrected chi connectivity index (χ0v) is 9.39. The van der Waals surface area contributed by atoms with E-state index < -0.39 is 32.9 Å². The summed E-state index contributed by atoms with van der Waals surface area (Å²) in [4.78, 5) is 7.63. The van der Waals surface area contributed by atoms with Crippen molar-refractivity contribution in [1.82, 2.24) is 0 Å². The van der Waals surface area contributed by atoms with Crippen LogP contribution < -0.4 is 0 Å². The molecule has 0 spiro atoms. The van der Waals surface area contributed by atoms with Crippen molar-refractivity contribution in [2.75, 3.05) is 0 Å². The highest BCUT2D eigenvalue weighted by Crippen LogP contribution is 2.53. The smallest absolute Gasteiger partial charge is 0.300 e. The molecule has 0 aromatic heterocycles. The summed E-state index contributed by atoms with van der Waals surface area (Å²) in [6.45, 7) is 1.23. The molecule has 7 nitrogen and oxygen atoms in total. The van der Waals surface area contributed by atoms with Gasteiger partial charge in [-0.05, 0) is 11.6 Å². The van der Waals surface area contributed by atoms with Crippen molar-refractivity contribution in [2.45, 2.75) is 11.9 Å². The first-order valence-corrected chi connectivity index (χ1v) is 4.85. The van der Waals surface area contributed by atoms with Gasteiger partial charge in [-0.25, -0.2) is 0 Å². The van der Waals surface area contributed by atoms with Crippen LogP contribution in [0.3, 0.4) is 0 Å². The van der Waals surface area contributed by atoms with Crippen molar-refractivity contribution in [3.63, 3.8) is 0 Å². The van der Waals surface area contributed by atoms with Crippen molar-refractivity contribution < 1.29 is 4.92 Å². The minimum absolute atomic E-state index is 0.706. The van der Waals surface area contributed by atoms with Crippen LogP contribution in [0.5, 0.6) is 0 Å². The summed E-state index contributed by atoms with van der Waals surface area (Å²) in [5, 5.41) is 45.4. The van der Waals surface area contributed by atoms with Gasteiger partial charge in [0.2, 0.25) is 0 Å². The van der Waals surface area contributed by atoms with Gasteiger partial charge in [0.1, 0.15) is 11.6 Å². The Morgan fingerprint density at radius 1 is 1.47 bits per heavy atom. The Labute approximate surface area is 101 Å². The minimum Gasteiger partial charge on any atom is -0.300 e. The molecule has 1 saturated carbocycles. The number of nitrogens with zero attached hydrogens (tertiary/aromatic N) is 4. The van der Waals surface area contributed by atoms with Crippen molar-refractivity contribution in [2.24, 2.45) is 17.3 Å². The van der Waals surface area contributed by atoms with Crippen LogP contribution >= 0.6 is 11.6 Å². The summed E-state index contributed by atoms with van der Waals surface area (Å²) in [5.41, 5.74) is -2.66. The molecule has 0 aromatic carbocycles. The third kappa shape index (κ3) is 1.22. The zero-order chi connectivity index (χ0) is 13.4. The fraction of sp³-hybridized carbons (Fsp3) is 0.556. The highest BCUT2D eigenvalue weighted by Gasteiger charge is 2.72. The number of nitro groups is 1. The summed E-state index contributed by atoms with van der Waals surface area (Å²) in [5.74, 6) is -2.74. The van der Waals surface area contributed by atoms with E-state index in [9.17, 15) is 10.1 Å². The van der Waals surface area contributed by atoms with Crippen LogP contribution in [0.4, 0.5) is 0 Å². The van der Waals surface area contributed by atoms with Crippen LogP contribution in [0.2, 0.25) is 0 Å². The van der Waals surface area contributed by atoms with Crippen molar-refractivity contribution >= 4 is 17.3 Å². The molecule has 0 aliphatic heterocycles. The van der Waals surface area contributed by atoms with Gasteiger partial charge < -0.3 is 0 Å². The second-order valence-corrected chi connectivity index (χ2v) is 4.30. The Balaban J connectivity index is 3.59. The maximum absolute atomic E-state index is 10.9. The van der Waals surface area contributed by atoms with Gasteiger partial charge in [-0.3, -0.25) is 15.5 Å². The molecule has 1 rings (SSSR count). The van der Waals surface area contributed by atoms with Crippen LogP contribution in [-0.4, -0.2) is 15.6 Å². The molecule has 0 unspecified atom stereocenters. The molecule has 1 fully saturated rings. The number of hydrogen-bond acceptors (Lipinski definition) is 6. The summed E-state index contributed by atoms with van der Waals surface area (Å²) >= 11 is 5.74. The highest BCUT2D eigenvalue weighted by molar-refractivity contribution is 6.36. The molecular formula is C9H6ClN5O2. The lowest BCUT2D eigenvalue weighted by Gasteiger charge is -2.21. The molecule has 0 bridgehead atoms. The quantitative estimate of drug-likeness (QED) is 0.321. The van der Waals surface area contributed by atoms with Gasteiger partial charge in [0, 0.05) is 4.92 Å². The van der Waals surface area contributed by atoms with E-state index in [1.807, 2.05) is 0 Å². The second kappa shape index (κ2) is 3.69.